The lowest BCUT2D eigenvalue weighted by molar-refractivity contribution is -0.384. The number of fused-ring (bicyclic) bond motifs is 1. The molecule has 2 aliphatic heterocycles. The monoisotopic (exact) mass is 400 g/mol. The number of nitro benzene ring substituents is 1. The number of anilines is 1. The van der Waals surface area contributed by atoms with Crippen molar-refractivity contribution in [1.29, 1.82) is 0 Å². The van der Waals surface area contributed by atoms with E-state index in [1.54, 1.807) is 36.4 Å². The molecule has 1 fully saturated rings. The number of carbonyl (C=O) groups is 2. The van der Waals surface area contributed by atoms with Crippen molar-refractivity contribution in [2.75, 3.05) is 37.7 Å². The molecule has 2 aromatic rings. The third-order valence-corrected chi connectivity index (χ3v) is 5.30. The lowest BCUT2D eigenvalue weighted by atomic mass is 10.1. The molecule has 0 radical (unpaired) electrons. The van der Waals surface area contributed by atoms with Gasteiger partial charge in [-0.15, -0.1) is 0 Å². The van der Waals surface area contributed by atoms with Crippen LogP contribution in [-0.2, 0) is 0 Å². The Kier molecular flexibility index (Phi) is 4.74. The standard InChI is InChI=1S/C19H17ClN4O4/c20-13-5-6-16(17(11-13)24(27)28)22-9-7-21(8-10-22)12-23-18(25)14-3-1-2-4-15(14)19(23)26/h1-6,11H,7-10,12H2. The Hall–Kier alpha value is -2.97. The number of carbonyl (C=O) groups excluding carboxylic acids is 2. The molecule has 9 heteroatoms. The normalized spacial score (nSPS) is 17.2. The summed E-state index contributed by atoms with van der Waals surface area (Å²) in [6.07, 6.45) is 0. The largest absolute Gasteiger partial charge is 0.363 e. The topological polar surface area (TPSA) is 87.0 Å². The Labute approximate surface area is 166 Å². The highest BCUT2D eigenvalue weighted by molar-refractivity contribution is 6.31. The number of hydrogen-bond donors (Lipinski definition) is 0. The van der Waals surface area contributed by atoms with Gasteiger partial charge >= 0.3 is 0 Å². The van der Waals surface area contributed by atoms with Gasteiger partial charge in [0.25, 0.3) is 17.5 Å². The first-order valence-electron chi connectivity index (χ1n) is 8.82. The summed E-state index contributed by atoms with van der Waals surface area (Å²) < 4.78 is 0. The van der Waals surface area contributed by atoms with E-state index in [0.29, 0.717) is 48.0 Å². The minimum atomic E-state index is -0.438. The molecule has 2 aliphatic rings. The molecule has 2 heterocycles. The molecule has 0 spiro atoms. The van der Waals surface area contributed by atoms with Gasteiger partial charge < -0.3 is 4.90 Å². The van der Waals surface area contributed by atoms with Crippen molar-refractivity contribution in [3.63, 3.8) is 0 Å². The van der Waals surface area contributed by atoms with Crippen LogP contribution < -0.4 is 4.90 Å². The molecule has 0 unspecified atom stereocenters. The second-order valence-electron chi connectivity index (χ2n) is 6.72. The van der Waals surface area contributed by atoms with Crippen LogP contribution in [0.15, 0.2) is 42.5 Å². The predicted molar refractivity (Wildman–Crippen MR) is 104 cm³/mol. The molecule has 144 valence electrons. The van der Waals surface area contributed by atoms with Gasteiger partial charge in [0.15, 0.2) is 0 Å². The van der Waals surface area contributed by atoms with Gasteiger partial charge in [0.1, 0.15) is 5.69 Å². The number of benzene rings is 2. The fourth-order valence-corrected chi connectivity index (χ4v) is 3.77. The molecule has 0 aromatic heterocycles. The summed E-state index contributed by atoms with van der Waals surface area (Å²) in [4.78, 5) is 41.1. The van der Waals surface area contributed by atoms with Crippen LogP contribution in [0, 0.1) is 10.1 Å². The summed E-state index contributed by atoms with van der Waals surface area (Å²) in [7, 11) is 0. The maximum absolute atomic E-state index is 12.5. The first-order valence-corrected chi connectivity index (χ1v) is 9.20. The van der Waals surface area contributed by atoms with E-state index in [2.05, 4.69) is 0 Å². The number of amides is 2. The average molecular weight is 401 g/mol. The Morgan fingerprint density at radius 1 is 0.964 bits per heavy atom. The number of imide groups is 1. The summed E-state index contributed by atoms with van der Waals surface area (Å²) >= 11 is 5.88. The molecule has 0 N–H and O–H groups in total. The van der Waals surface area contributed by atoms with Gasteiger partial charge in [0, 0.05) is 37.3 Å². The van der Waals surface area contributed by atoms with Gasteiger partial charge in [-0.2, -0.15) is 0 Å². The first-order chi connectivity index (χ1) is 13.5. The van der Waals surface area contributed by atoms with Gasteiger partial charge in [0.2, 0.25) is 0 Å². The van der Waals surface area contributed by atoms with E-state index < -0.39 is 4.92 Å². The van der Waals surface area contributed by atoms with E-state index in [9.17, 15) is 19.7 Å². The molecule has 1 saturated heterocycles. The second kappa shape index (κ2) is 7.21. The number of rotatable bonds is 4. The Morgan fingerprint density at radius 2 is 1.57 bits per heavy atom. The number of halogens is 1. The van der Waals surface area contributed by atoms with Crippen LogP contribution in [-0.4, -0.2) is 59.4 Å². The molecule has 2 amide bonds. The zero-order valence-corrected chi connectivity index (χ0v) is 15.6. The smallest absolute Gasteiger partial charge is 0.294 e. The summed E-state index contributed by atoms with van der Waals surface area (Å²) in [6.45, 7) is 2.46. The van der Waals surface area contributed by atoms with E-state index in [1.165, 1.54) is 11.0 Å². The fourth-order valence-electron chi connectivity index (χ4n) is 3.61. The minimum Gasteiger partial charge on any atom is -0.363 e. The molecule has 0 bridgehead atoms. The molecule has 28 heavy (non-hydrogen) atoms. The average Bonchev–Trinajstić information content (AvgIpc) is 2.94. The van der Waals surface area contributed by atoms with Gasteiger partial charge in [-0.25, -0.2) is 0 Å². The highest BCUT2D eigenvalue weighted by atomic mass is 35.5. The molecule has 0 saturated carbocycles. The predicted octanol–water partition coefficient (Wildman–Crippen LogP) is 2.62. The Balaban J connectivity index is 1.43. The van der Waals surface area contributed by atoms with Gasteiger partial charge in [-0.05, 0) is 24.3 Å². The van der Waals surface area contributed by atoms with Gasteiger partial charge in [-0.1, -0.05) is 23.7 Å². The van der Waals surface area contributed by atoms with Crippen molar-refractivity contribution in [3.8, 4) is 0 Å². The maximum atomic E-state index is 12.5. The summed E-state index contributed by atoms with van der Waals surface area (Å²) in [5.74, 6) is -0.562. The first kappa shape index (κ1) is 18.4. The molecule has 8 nitrogen and oxygen atoms in total. The van der Waals surface area contributed by atoms with E-state index in [-0.39, 0.29) is 24.2 Å². The summed E-state index contributed by atoms with van der Waals surface area (Å²) in [6, 6.07) is 11.4. The molecule has 4 rings (SSSR count). The SMILES string of the molecule is O=C1c2ccccc2C(=O)N1CN1CCN(c2ccc(Cl)cc2[N+](=O)[O-])CC1. The number of nitrogens with zero attached hydrogens (tertiary/aromatic N) is 4. The molecule has 2 aromatic carbocycles. The quantitative estimate of drug-likeness (QED) is 0.445. The Morgan fingerprint density at radius 3 is 2.14 bits per heavy atom. The highest BCUT2D eigenvalue weighted by Crippen LogP contribution is 2.32. The lowest BCUT2D eigenvalue weighted by Crippen LogP contribution is -2.51. The summed E-state index contributed by atoms with van der Waals surface area (Å²) in [5, 5.41) is 11.6. The second-order valence-corrected chi connectivity index (χ2v) is 7.16. The Bertz CT molecular complexity index is 937. The molecule has 0 atom stereocenters. The molecular formula is C19H17ClN4O4. The zero-order chi connectivity index (χ0) is 19.8. The number of nitro groups is 1. The van der Waals surface area contributed by atoms with E-state index in [0.717, 1.165) is 0 Å². The van der Waals surface area contributed by atoms with Crippen LogP contribution >= 0.6 is 11.6 Å². The van der Waals surface area contributed by atoms with Crippen molar-refractivity contribution in [3.05, 3.63) is 68.7 Å². The van der Waals surface area contributed by atoms with Crippen molar-refractivity contribution < 1.29 is 14.5 Å². The molecule has 0 aliphatic carbocycles. The third kappa shape index (κ3) is 3.21. The van der Waals surface area contributed by atoms with Gasteiger partial charge in [0.05, 0.1) is 22.7 Å². The number of piperazine rings is 1. The van der Waals surface area contributed by atoms with Crippen LogP contribution in [0.2, 0.25) is 5.02 Å². The minimum absolute atomic E-state index is 0.0266. The highest BCUT2D eigenvalue weighted by Gasteiger charge is 2.36. The third-order valence-electron chi connectivity index (χ3n) is 5.07. The van der Waals surface area contributed by atoms with Crippen molar-refractivity contribution in [2.45, 2.75) is 0 Å². The zero-order valence-electron chi connectivity index (χ0n) is 14.9. The van der Waals surface area contributed by atoms with E-state index in [4.69, 9.17) is 11.6 Å². The van der Waals surface area contributed by atoms with Crippen LogP contribution in [0.25, 0.3) is 0 Å². The van der Waals surface area contributed by atoms with Crippen LogP contribution in [0.3, 0.4) is 0 Å². The lowest BCUT2D eigenvalue weighted by Gasteiger charge is -2.37. The van der Waals surface area contributed by atoms with Crippen molar-refractivity contribution >= 4 is 34.8 Å². The molecular weight excluding hydrogens is 384 g/mol. The van der Waals surface area contributed by atoms with Crippen LogP contribution in [0.4, 0.5) is 11.4 Å². The van der Waals surface area contributed by atoms with Crippen LogP contribution in [0.5, 0.6) is 0 Å². The van der Waals surface area contributed by atoms with E-state index >= 15 is 0 Å². The maximum Gasteiger partial charge on any atom is 0.294 e. The summed E-state index contributed by atoms with van der Waals surface area (Å²) in [5.41, 5.74) is 1.36. The van der Waals surface area contributed by atoms with Gasteiger partial charge in [-0.3, -0.25) is 29.5 Å². The fraction of sp³-hybridized carbons (Fsp3) is 0.263. The van der Waals surface area contributed by atoms with Crippen molar-refractivity contribution in [2.24, 2.45) is 0 Å². The van der Waals surface area contributed by atoms with Crippen LogP contribution in [0.1, 0.15) is 20.7 Å². The van der Waals surface area contributed by atoms with Crippen molar-refractivity contribution in [1.82, 2.24) is 9.80 Å². The number of hydrogen-bond acceptors (Lipinski definition) is 6. The van der Waals surface area contributed by atoms with E-state index in [1.807, 2.05) is 9.80 Å².